The summed E-state index contributed by atoms with van der Waals surface area (Å²) < 4.78 is 11.6. The molecule has 1 heterocycles. The minimum absolute atomic E-state index is 0.512. The fraction of sp³-hybridized carbons (Fsp3) is 0.227. The monoisotopic (exact) mass is 348 g/mol. The number of para-hydroxylation sites is 1. The number of ether oxygens (including phenoxy) is 2. The van der Waals surface area contributed by atoms with Crippen LogP contribution in [-0.2, 0) is 19.7 Å². The predicted molar refractivity (Wildman–Crippen MR) is 103 cm³/mol. The van der Waals surface area contributed by atoms with Crippen LogP contribution in [0.5, 0.6) is 11.5 Å². The van der Waals surface area contributed by atoms with Gasteiger partial charge in [-0.2, -0.15) is 0 Å². The largest absolute Gasteiger partial charge is 0.493 e. The first-order valence-corrected chi connectivity index (χ1v) is 8.70. The van der Waals surface area contributed by atoms with Gasteiger partial charge in [0.1, 0.15) is 6.61 Å². The third kappa shape index (κ3) is 4.83. The van der Waals surface area contributed by atoms with Gasteiger partial charge in [0.15, 0.2) is 11.5 Å². The highest BCUT2D eigenvalue weighted by molar-refractivity contribution is 5.46. The minimum atomic E-state index is 0.512. The second-order valence-corrected chi connectivity index (χ2v) is 6.18. The molecule has 0 fully saturated rings. The average Bonchev–Trinajstić information content (AvgIpc) is 2.69. The Balaban J connectivity index is 1.67. The van der Waals surface area contributed by atoms with Crippen molar-refractivity contribution in [3.8, 4) is 11.5 Å². The summed E-state index contributed by atoms with van der Waals surface area (Å²) in [6.07, 6.45) is 3.61. The molecule has 3 aromatic rings. The molecular formula is C22H24N2O2. The molecule has 0 unspecified atom stereocenters. The summed E-state index contributed by atoms with van der Waals surface area (Å²) in [6, 6.07) is 18.4. The lowest BCUT2D eigenvalue weighted by atomic mass is 10.1. The van der Waals surface area contributed by atoms with Crippen LogP contribution in [0.3, 0.4) is 0 Å². The van der Waals surface area contributed by atoms with Gasteiger partial charge in [-0.25, -0.2) is 0 Å². The van der Waals surface area contributed by atoms with Crippen LogP contribution in [0.2, 0.25) is 0 Å². The molecule has 4 nitrogen and oxygen atoms in total. The SMILES string of the molecule is COc1cccc(CNCc2ccncc2)c1OCc1ccc(C)cc1. The highest BCUT2D eigenvalue weighted by Crippen LogP contribution is 2.31. The van der Waals surface area contributed by atoms with Crippen molar-refractivity contribution < 1.29 is 9.47 Å². The van der Waals surface area contributed by atoms with Crippen molar-refractivity contribution in [2.75, 3.05) is 7.11 Å². The maximum absolute atomic E-state index is 6.11. The van der Waals surface area contributed by atoms with Crippen molar-refractivity contribution in [1.82, 2.24) is 10.3 Å². The molecule has 0 amide bonds. The standard InChI is InChI=1S/C22H24N2O2/c1-17-6-8-19(9-7-17)16-26-22-20(4-3-5-21(22)25-2)15-24-14-18-10-12-23-13-11-18/h3-13,24H,14-16H2,1-2H3. The Hall–Kier alpha value is -2.85. The molecular weight excluding hydrogens is 324 g/mol. The predicted octanol–water partition coefficient (Wildman–Crippen LogP) is 4.27. The Morgan fingerprint density at radius 3 is 2.38 bits per heavy atom. The highest BCUT2D eigenvalue weighted by atomic mass is 16.5. The molecule has 26 heavy (non-hydrogen) atoms. The number of hydrogen-bond donors (Lipinski definition) is 1. The van der Waals surface area contributed by atoms with Crippen LogP contribution in [0.15, 0.2) is 67.0 Å². The fourth-order valence-corrected chi connectivity index (χ4v) is 2.71. The third-order valence-electron chi connectivity index (χ3n) is 4.18. The lowest BCUT2D eigenvalue weighted by Gasteiger charge is -2.16. The van der Waals surface area contributed by atoms with Gasteiger partial charge in [-0.1, -0.05) is 42.0 Å². The molecule has 2 aromatic carbocycles. The lowest BCUT2D eigenvalue weighted by molar-refractivity contribution is 0.280. The average molecular weight is 348 g/mol. The fourth-order valence-electron chi connectivity index (χ4n) is 2.71. The van der Waals surface area contributed by atoms with Gasteiger partial charge in [-0.15, -0.1) is 0 Å². The normalized spacial score (nSPS) is 10.5. The quantitative estimate of drug-likeness (QED) is 0.660. The first kappa shape index (κ1) is 18.0. The van der Waals surface area contributed by atoms with E-state index < -0.39 is 0 Å². The van der Waals surface area contributed by atoms with Crippen LogP contribution in [0.25, 0.3) is 0 Å². The van der Waals surface area contributed by atoms with Gasteiger partial charge in [-0.3, -0.25) is 4.98 Å². The summed E-state index contributed by atoms with van der Waals surface area (Å²) in [6.45, 7) is 4.06. The molecule has 0 spiro atoms. The second kappa shape index (κ2) is 9.02. The van der Waals surface area contributed by atoms with E-state index in [1.807, 2.05) is 24.3 Å². The molecule has 0 saturated carbocycles. The molecule has 0 saturated heterocycles. The molecule has 0 aliphatic carbocycles. The summed E-state index contributed by atoms with van der Waals surface area (Å²) >= 11 is 0. The smallest absolute Gasteiger partial charge is 0.166 e. The van der Waals surface area contributed by atoms with E-state index in [4.69, 9.17) is 9.47 Å². The van der Waals surface area contributed by atoms with Gasteiger partial charge in [0.25, 0.3) is 0 Å². The zero-order valence-electron chi connectivity index (χ0n) is 15.2. The van der Waals surface area contributed by atoms with Gasteiger partial charge >= 0.3 is 0 Å². The van der Waals surface area contributed by atoms with E-state index in [0.29, 0.717) is 13.2 Å². The van der Waals surface area contributed by atoms with E-state index in [1.165, 1.54) is 11.1 Å². The summed E-state index contributed by atoms with van der Waals surface area (Å²) in [4.78, 5) is 4.04. The molecule has 1 N–H and O–H groups in total. The van der Waals surface area contributed by atoms with Gasteiger partial charge in [0.2, 0.25) is 0 Å². The van der Waals surface area contributed by atoms with Crippen molar-refractivity contribution in [2.45, 2.75) is 26.6 Å². The van der Waals surface area contributed by atoms with Crippen molar-refractivity contribution in [3.05, 3.63) is 89.2 Å². The molecule has 0 aliphatic rings. The van der Waals surface area contributed by atoms with Crippen LogP contribution in [-0.4, -0.2) is 12.1 Å². The van der Waals surface area contributed by atoms with Crippen molar-refractivity contribution in [1.29, 1.82) is 0 Å². The van der Waals surface area contributed by atoms with Crippen LogP contribution in [0.1, 0.15) is 22.3 Å². The van der Waals surface area contributed by atoms with E-state index in [2.05, 4.69) is 47.6 Å². The summed E-state index contributed by atoms with van der Waals surface area (Å²) in [5, 5.41) is 3.45. The summed E-state index contributed by atoms with van der Waals surface area (Å²) in [5.41, 5.74) is 4.65. The third-order valence-corrected chi connectivity index (χ3v) is 4.18. The topological polar surface area (TPSA) is 43.4 Å². The van der Waals surface area contributed by atoms with Gasteiger partial charge in [0, 0.05) is 31.0 Å². The maximum Gasteiger partial charge on any atom is 0.166 e. The Morgan fingerprint density at radius 1 is 0.885 bits per heavy atom. The van der Waals surface area contributed by atoms with E-state index in [1.54, 1.807) is 19.5 Å². The van der Waals surface area contributed by atoms with E-state index in [0.717, 1.165) is 29.2 Å². The van der Waals surface area contributed by atoms with Gasteiger partial charge in [-0.05, 0) is 36.2 Å². The second-order valence-electron chi connectivity index (χ2n) is 6.18. The van der Waals surface area contributed by atoms with E-state index >= 15 is 0 Å². The molecule has 4 heteroatoms. The van der Waals surface area contributed by atoms with E-state index in [-0.39, 0.29) is 0 Å². The molecule has 1 aromatic heterocycles. The Labute approximate surface area is 154 Å². The molecule has 0 bridgehead atoms. The van der Waals surface area contributed by atoms with E-state index in [9.17, 15) is 0 Å². The number of pyridine rings is 1. The number of hydrogen-bond acceptors (Lipinski definition) is 4. The van der Waals surface area contributed by atoms with Crippen molar-refractivity contribution in [3.63, 3.8) is 0 Å². The lowest BCUT2D eigenvalue weighted by Crippen LogP contribution is -2.14. The van der Waals surface area contributed by atoms with Crippen LogP contribution >= 0.6 is 0 Å². The molecule has 0 atom stereocenters. The zero-order valence-corrected chi connectivity index (χ0v) is 15.2. The van der Waals surface area contributed by atoms with Gasteiger partial charge in [0.05, 0.1) is 7.11 Å². The van der Waals surface area contributed by atoms with Crippen molar-refractivity contribution >= 4 is 0 Å². The minimum Gasteiger partial charge on any atom is -0.493 e. The summed E-state index contributed by atoms with van der Waals surface area (Å²) in [7, 11) is 1.67. The first-order chi connectivity index (χ1) is 12.8. The maximum atomic E-state index is 6.11. The number of nitrogens with one attached hydrogen (secondary N) is 1. The number of aromatic nitrogens is 1. The molecule has 3 rings (SSSR count). The summed E-state index contributed by atoms with van der Waals surface area (Å²) in [5.74, 6) is 1.54. The highest BCUT2D eigenvalue weighted by Gasteiger charge is 2.11. The number of methoxy groups -OCH3 is 1. The van der Waals surface area contributed by atoms with Crippen LogP contribution in [0, 0.1) is 6.92 Å². The first-order valence-electron chi connectivity index (χ1n) is 8.70. The number of aryl methyl sites for hydroxylation is 1. The number of rotatable bonds is 8. The van der Waals surface area contributed by atoms with Crippen LogP contribution in [0.4, 0.5) is 0 Å². The molecule has 0 aliphatic heterocycles. The Morgan fingerprint density at radius 2 is 1.65 bits per heavy atom. The number of benzene rings is 2. The molecule has 0 radical (unpaired) electrons. The van der Waals surface area contributed by atoms with Crippen LogP contribution < -0.4 is 14.8 Å². The molecule has 134 valence electrons. The van der Waals surface area contributed by atoms with Crippen molar-refractivity contribution in [2.24, 2.45) is 0 Å². The Kier molecular flexibility index (Phi) is 6.23. The zero-order chi connectivity index (χ0) is 18.2. The Bertz CT molecular complexity index is 817. The number of nitrogens with zero attached hydrogens (tertiary/aromatic N) is 1. The van der Waals surface area contributed by atoms with Gasteiger partial charge < -0.3 is 14.8 Å².